The number of rotatable bonds is 5. The van der Waals surface area contributed by atoms with Gasteiger partial charge in [0.25, 0.3) is 0 Å². The van der Waals surface area contributed by atoms with Gasteiger partial charge in [0.05, 0.1) is 20.6 Å². The minimum atomic E-state index is -0.982. The van der Waals surface area contributed by atoms with Gasteiger partial charge in [0.15, 0.2) is 11.5 Å². The Kier molecular flexibility index (Phi) is 6.22. The summed E-state index contributed by atoms with van der Waals surface area (Å²) in [5, 5.41) is 0. The molecule has 0 unspecified atom stereocenters. The zero-order valence-electron chi connectivity index (χ0n) is 13.6. The first-order valence-corrected chi connectivity index (χ1v) is 6.89. The summed E-state index contributed by atoms with van der Waals surface area (Å²) < 4.78 is 19.8. The molecule has 0 fully saturated rings. The third kappa shape index (κ3) is 6.03. The van der Waals surface area contributed by atoms with Crippen LogP contribution in [-0.2, 0) is 20.7 Å². The number of esters is 1. The molecular formula is C16H22O6. The average molecular weight is 310 g/mol. The molecule has 0 radical (unpaired) electrons. The highest BCUT2D eigenvalue weighted by Gasteiger charge is 2.20. The summed E-state index contributed by atoms with van der Waals surface area (Å²) in [6, 6.07) is 5.36. The van der Waals surface area contributed by atoms with E-state index in [0.29, 0.717) is 17.9 Å². The Morgan fingerprint density at radius 1 is 1.05 bits per heavy atom. The topological polar surface area (TPSA) is 71.1 Å². The van der Waals surface area contributed by atoms with Gasteiger partial charge in [0.2, 0.25) is 0 Å². The van der Waals surface area contributed by atoms with Gasteiger partial charge >= 0.3 is 12.1 Å². The molecule has 0 aliphatic heterocycles. The Bertz CT molecular complexity index is 530. The summed E-state index contributed by atoms with van der Waals surface area (Å²) in [5.74, 6) is 0.562. The fraction of sp³-hybridized carbons (Fsp3) is 0.500. The lowest BCUT2D eigenvalue weighted by Gasteiger charge is -2.18. The molecule has 0 heterocycles. The molecule has 0 N–H and O–H groups in total. The van der Waals surface area contributed by atoms with Crippen LogP contribution in [0.1, 0.15) is 32.8 Å². The Morgan fingerprint density at radius 3 is 2.23 bits per heavy atom. The van der Waals surface area contributed by atoms with Crippen molar-refractivity contribution >= 4 is 12.1 Å². The molecule has 1 aromatic carbocycles. The lowest BCUT2D eigenvalue weighted by Crippen LogP contribution is -2.26. The van der Waals surface area contributed by atoms with Crippen molar-refractivity contribution in [1.82, 2.24) is 0 Å². The van der Waals surface area contributed by atoms with Crippen molar-refractivity contribution in [3.63, 3.8) is 0 Å². The van der Waals surface area contributed by atoms with Gasteiger partial charge in [0.1, 0.15) is 5.60 Å². The van der Waals surface area contributed by atoms with Gasteiger partial charge in [-0.2, -0.15) is 0 Å². The van der Waals surface area contributed by atoms with Crippen LogP contribution < -0.4 is 9.47 Å². The van der Waals surface area contributed by atoms with E-state index in [4.69, 9.17) is 14.2 Å². The number of hydrogen-bond acceptors (Lipinski definition) is 6. The summed E-state index contributed by atoms with van der Waals surface area (Å²) in [7, 11) is 3.09. The second kappa shape index (κ2) is 7.68. The molecule has 122 valence electrons. The third-order valence-corrected chi connectivity index (χ3v) is 2.65. The van der Waals surface area contributed by atoms with E-state index in [2.05, 4.69) is 4.74 Å². The van der Waals surface area contributed by atoms with E-state index in [9.17, 15) is 9.59 Å². The van der Waals surface area contributed by atoms with Gasteiger partial charge in [-0.1, -0.05) is 6.07 Å². The maximum absolute atomic E-state index is 11.6. The Balaban J connectivity index is 2.52. The predicted octanol–water partition coefficient (Wildman–Crippen LogP) is 3.11. The maximum Gasteiger partial charge on any atom is 0.516 e. The third-order valence-electron chi connectivity index (χ3n) is 2.65. The van der Waals surface area contributed by atoms with E-state index in [1.54, 1.807) is 47.1 Å². The van der Waals surface area contributed by atoms with Crippen molar-refractivity contribution in [2.24, 2.45) is 0 Å². The molecule has 22 heavy (non-hydrogen) atoms. The van der Waals surface area contributed by atoms with E-state index in [1.807, 2.05) is 6.07 Å². The van der Waals surface area contributed by atoms with Crippen molar-refractivity contribution in [3.05, 3.63) is 23.8 Å². The molecule has 0 aliphatic carbocycles. The fourth-order valence-corrected chi connectivity index (χ4v) is 1.70. The largest absolute Gasteiger partial charge is 0.516 e. The van der Waals surface area contributed by atoms with Crippen LogP contribution in [0, 0.1) is 0 Å². The maximum atomic E-state index is 11.6. The lowest BCUT2D eigenvalue weighted by atomic mass is 10.1. The first-order valence-electron chi connectivity index (χ1n) is 6.89. The quantitative estimate of drug-likeness (QED) is 0.614. The van der Waals surface area contributed by atoms with Crippen molar-refractivity contribution in [2.45, 2.75) is 39.2 Å². The zero-order chi connectivity index (χ0) is 16.8. The smallest absolute Gasteiger partial charge is 0.493 e. The second-order valence-corrected chi connectivity index (χ2v) is 5.63. The average Bonchev–Trinajstić information content (AvgIpc) is 2.42. The highest BCUT2D eigenvalue weighted by Crippen LogP contribution is 2.28. The summed E-state index contributed by atoms with van der Waals surface area (Å²) >= 11 is 0. The Morgan fingerprint density at radius 2 is 1.68 bits per heavy atom. The summed E-state index contributed by atoms with van der Waals surface area (Å²) in [6.45, 7) is 5.09. The van der Waals surface area contributed by atoms with Crippen molar-refractivity contribution in [3.8, 4) is 11.5 Å². The van der Waals surface area contributed by atoms with E-state index >= 15 is 0 Å². The van der Waals surface area contributed by atoms with Gasteiger partial charge in [-0.05, 0) is 44.9 Å². The van der Waals surface area contributed by atoms with Crippen molar-refractivity contribution in [1.29, 1.82) is 0 Å². The van der Waals surface area contributed by atoms with Crippen molar-refractivity contribution in [2.75, 3.05) is 14.2 Å². The van der Waals surface area contributed by atoms with Gasteiger partial charge in [-0.3, -0.25) is 4.79 Å². The normalized spacial score (nSPS) is 10.8. The molecule has 0 aromatic heterocycles. The first kappa shape index (κ1) is 17.8. The summed E-state index contributed by atoms with van der Waals surface area (Å²) in [5.41, 5.74) is 0.180. The van der Waals surface area contributed by atoms with E-state index in [0.717, 1.165) is 5.56 Å². The molecule has 0 saturated carbocycles. The highest BCUT2D eigenvalue weighted by molar-refractivity contribution is 5.82. The number of benzene rings is 1. The number of carbonyl (C=O) groups excluding carboxylic acids is 2. The number of methoxy groups -OCH3 is 2. The molecule has 0 bridgehead atoms. The zero-order valence-corrected chi connectivity index (χ0v) is 13.6. The Labute approximate surface area is 130 Å². The molecule has 0 atom stereocenters. The van der Waals surface area contributed by atoms with Crippen LogP contribution in [0.5, 0.6) is 11.5 Å². The second-order valence-electron chi connectivity index (χ2n) is 5.63. The van der Waals surface area contributed by atoms with Crippen LogP contribution in [0.2, 0.25) is 0 Å². The van der Waals surface area contributed by atoms with E-state index < -0.39 is 17.7 Å². The van der Waals surface area contributed by atoms with Crippen LogP contribution in [0.25, 0.3) is 0 Å². The lowest BCUT2D eigenvalue weighted by molar-refractivity contribution is -0.141. The molecule has 1 aromatic rings. The van der Waals surface area contributed by atoms with Gasteiger partial charge in [-0.15, -0.1) is 0 Å². The van der Waals surface area contributed by atoms with Crippen LogP contribution in [0.4, 0.5) is 4.79 Å². The fourth-order valence-electron chi connectivity index (χ4n) is 1.70. The minimum absolute atomic E-state index is 0.0642. The van der Waals surface area contributed by atoms with Gasteiger partial charge in [0, 0.05) is 0 Å². The molecule has 0 spiro atoms. The van der Waals surface area contributed by atoms with E-state index in [1.165, 1.54) is 0 Å². The predicted molar refractivity (Wildman–Crippen MR) is 80.2 cm³/mol. The molecule has 6 heteroatoms. The van der Waals surface area contributed by atoms with Crippen LogP contribution in [0.15, 0.2) is 18.2 Å². The van der Waals surface area contributed by atoms with Crippen LogP contribution in [-0.4, -0.2) is 31.9 Å². The number of carbonyl (C=O) groups is 2. The van der Waals surface area contributed by atoms with E-state index in [-0.39, 0.29) is 6.42 Å². The first-order chi connectivity index (χ1) is 10.2. The number of aryl methyl sites for hydroxylation is 1. The molecule has 6 nitrogen and oxygen atoms in total. The van der Waals surface area contributed by atoms with Crippen LogP contribution in [0.3, 0.4) is 0 Å². The standard InChI is InChI=1S/C16H22O6/c1-16(2,3)22-15(18)21-14(17)9-7-11-6-8-12(19-4)13(10-11)20-5/h6,8,10H,7,9H2,1-5H3. The SMILES string of the molecule is COc1ccc(CCC(=O)OC(=O)OC(C)(C)C)cc1OC. The van der Waals surface area contributed by atoms with Crippen molar-refractivity contribution < 1.29 is 28.5 Å². The molecule has 0 aliphatic rings. The Hall–Kier alpha value is -2.24. The van der Waals surface area contributed by atoms with Gasteiger partial charge < -0.3 is 18.9 Å². The minimum Gasteiger partial charge on any atom is -0.493 e. The molecular weight excluding hydrogens is 288 g/mol. The number of ether oxygens (including phenoxy) is 4. The molecule has 0 amide bonds. The highest BCUT2D eigenvalue weighted by atomic mass is 16.7. The summed E-state index contributed by atoms with van der Waals surface area (Å²) in [4.78, 5) is 23.0. The molecule has 0 saturated heterocycles. The van der Waals surface area contributed by atoms with Gasteiger partial charge in [-0.25, -0.2) is 4.79 Å². The monoisotopic (exact) mass is 310 g/mol. The summed E-state index contributed by atoms with van der Waals surface area (Å²) in [6.07, 6.45) is -0.499. The van der Waals surface area contributed by atoms with Crippen LogP contribution >= 0.6 is 0 Å². The number of hydrogen-bond donors (Lipinski definition) is 0. The molecule has 1 rings (SSSR count).